The average molecular weight is 302 g/mol. The molecule has 0 aromatic heterocycles. The van der Waals surface area contributed by atoms with Gasteiger partial charge in [-0.2, -0.15) is 13.2 Å². The Hall–Kier alpha value is -2.05. The van der Waals surface area contributed by atoms with Crippen LogP contribution in [0.2, 0.25) is 0 Å². The molecule has 7 heteroatoms. The molecular formula is C14H17F3N2O2. The van der Waals surface area contributed by atoms with E-state index >= 15 is 0 Å². The van der Waals surface area contributed by atoms with Gasteiger partial charge in [0, 0.05) is 0 Å². The largest absolute Gasteiger partial charge is 0.416 e. The second-order valence-electron chi connectivity index (χ2n) is 5.06. The van der Waals surface area contributed by atoms with Crippen molar-refractivity contribution in [3.8, 4) is 0 Å². The summed E-state index contributed by atoms with van der Waals surface area (Å²) in [7, 11) is 0. The van der Waals surface area contributed by atoms with Gasteiger partial charge < -0.3 is 11.1 Å². The number of hydrogen-bond donors (Lipinski definition) is 2. The molecule has 4 nitrogen and oxygen atoms in total. The Kier molecular flexibility index (Phi) is 5.34. The van der Waals surface area contributed by atoms with Crippen LogP contribution in [0.1, 0.15) is 25.0 Å². The van der Waals surface area contributed by atoms with Crippen LogP contribution in [-0.2, 0) is 22.2 Å². The number of nitrogens with two attached hydrogens (primary N) is 1. The summed E-state index contributed by atoms with van der Waals surface area (Å²) >= 11 is 0. The predicted molar refractivity (Wildman–Crippen MR) is 71.1 cm³/mol. The third-order valence-corrected chi connectivity index (χ3v) is 2.94. The summed E-state index contributed by atoms with van der Waals surface area (Å²) in [5, 5.41) is 2.47. The first-order valence-electron chi connectivity index (χ1n) is 6.36. The number of rotatable bonds is 5. The number of alkyl halides is 3. The highest BCUT2D eigenvalue weighted by molar-refractivity contribution is 5.87. The van der Waals surface area contributed by atoms with Crippen molar-refractivity contribution in [1.29, 1.82) is 0 Å². The van der Waals surface area contributed by atoms with Gasteiger partial charge in [0.2, 0.25) is 11.8 Å². The van der Waals surface area contributed by atoms with Crippen LogP contribution >= 0.6 is 0 Å². The van der Waals surface area contributed by atoms with E-state index in [-0.39, 0.29) is 12.3 Å². The molecule has 1 aromatic carbocycles. The standard InChI is InChI=1S/C14H17F3N2O2/c1-8(2)12(13(18)21)19-11(20)7-9-3-5-10(6-4-9)14(15,16)17/h3-6,8,12H,7H2,1-2H3,(H2,18,21)(H,19,20)/t12-/m1/s1. The molecule has 1 aromatic rings. The van der Waals surface area contributed by atoms with E-state index in [4.69, 9.17) is 5.73 Å². The molecule has 0 radical (unpaired) electrons. The Balaban J connectivity index is 2.69. The third-order valence-electron chi connectivity index (χ3n) is 2.94. The second-order valence-corrected chi connectivity index (χ2v) is 5.06. The molecule has 0 spiro atoms. The van der Waals surface area contributed by atoms with Crippen molar-refractivity contribution in [2.75, 3.05) is 0 Å². The van der Waals surface area contributed by atoms with Crippen molar-refractivity contribution in [2.24, 2.45) is 11.7 Å². The lowest BCUT2D eigenvalue weighted by molar-refractivity contribution is -0.137. The summed E-state index contributed by atoms with van der Waals surface area (Å²) in [5.74, 6) is -1.28. The van der Waals surface area contributed by atoms with Crippen molar-refractivity contribution in [3.63, 3.8) is 0 Å². The highest BCUT2D eigenvalue weighted by Gasteiger charge is 2.30. The molecule has 0 saturated heterocycles. The average Bonchev–Trinajstić information content (AvgIpc) is 2.34. The first-order chi connectivity index (χ1) is 9.61. The fourth-order valence-corrected chi connectivity index (χ4v) is 1.79. The topological polar surface area (TPSA) is 72.2 Å². The van der Waals surface area contributed by atoms with Gasteiger partial charge in [0.05, 0.1) is 12.0 Å². The van der Waals surface area contributed by atoms with Crippen molar-refractivity contribution >= 4 is 11.8 Å². The normalized spacial score (nSPS) is 13.0. The lowest BCUT2D eigenvalue weighted by atomic mass is 10.0. The molecule has 0 saturated carbocycles. The molecule has 2 amide bonds. The number of nitrogens with one attached hydrogen (secondary N) is 1. The highest BCUT2D eigenvalue weighted by Crippen LogP contribution is 2.29. The van der Waals surface area contributed by atoms with Crippen LogP contribution in [0.3, 0.4) is 0 Å². The summed E-state index contributed by atoms with van der Waals surface area (Å²) in [6.07, 6.45) is -4.52. The third kappa shape index (κ3) is 5.09. The number of primary amides is 1. The van der Waals surface area contributed by atoms with Crippen molar-refractivity contribution in [2.45, 2.75) is 32.5 Å². The van der Waals surface area contributed by atoms with E-state index in [0.717, 1.165) is 12.1 Å². The fourth-order valence-electron chi connectivity index (χ4n) is 1.79. The van der Waals surface area contributed by atoms with E-state index in [1.165, 1.54) is 12.1 Å². The number of amides is 2. The van der Waals surface area contributed by atoms with Gasteiger partial charge in [-0.3, -0.25) is 9.59 Å². The van der Waals surface area contributed by atoms with Gasteiger partial charge >= 0.3 is 6.18 Å². The van der Waals surface area contributed by atoms with Crippen LogP contribution in [-0.4, -0.2) is 17.9 Å². The summed E-state index contributed by atoms with van der Waals surface area (Å²) < 4.78 is 37.2. The first-order valence-corrected chi connectivity index (χ1v) is 6.36. The van der Waals surface area contributed by atoms with Crippen molar-refractivity contribution < 1.29 is 22.8 Å². The molecule has 0 aliphatic rings. The zero-order chi connectivity index (χ0) is 16.2. The molecule has 1 atom stereocenters. The Morgan fingerprint density at radius 3 is 2.10 bits per heavy atom. The highest BCUT2D eigenvalue weighted by atomic mass is 19.4. The minimum atomic E-state index is -4.41. The first kappa shape index (κ1) is 17.0. The molecule has 1 rings (SSSR count). The fraction of sp³-hybridized carbons (Fsp3) is 0.429. The Labute approximate surface area is 120 Å². The van der Waals surface area contributed by atoms with E-state index < -0.39 is 29.6 Å². The van der Waals surface area contributed by atoms with Crippen LogP contribution in [0.15, 0.2) is 24.3 Å². The number of benzene rings is 1. The Morgan fingerprint density at radius 2 is 1.71 bits per heavy atom. The quantitative estimate of drug-likeness (QED) is 0.871. The van der Waals surface area contributed by atoms with E-state index in [1.807, 2.05) is 0 Å². The SMILES string of the molecule is CC(C)[C@@H](NC(=O)Cc1ccc(C(F)(F)F)cc1)C(N)=O. The van der Waals surface area contributed by atoms with E-state index in [0.29, 0.717) is 5.56 Å². The van der Waals surface area contributed by atoms with Gasteiger partial charge in [-0.15, -0.1) is 0 Å². The minimum absolute atomic E-state index is 0.116. The zero-order valence-electron chi connectivity index (χ0n) is 11.7. The van der Waals surface area contributed by atoms with Crippen LogP contribution < -0.4 is 11.1 Å². The van der Waals surface area contributed by atoms with Crippen LogP contribution in [0.4, 0.5) is 13.2 Å². The number of carbonyl (C=O) groups excluding carboxylic acids is 2. The lowest BCUT2D eigenvalue weighted by Crippen LogP contribution is -2.48. The van der Waals surface area contributed by atoms with Crippen molar-refractivity contribution in [3.05, 3.63) is 35.4 Å². The zero-order valence-corrected chi connectivity index (χ0v) is 11.7. The minimum Gasteiger partial charge on any atom is -0.368 e. The maximum Gasteiger partial charge on any atom is 0.416 e. The molecule has 21 heavy (non-hydrogen) atoms. The molecule has 116 valence electrons. The van der Waals surface area contributed by atoms with Gasteiger partial charge in [-0.25, -0.2) is 0 Å². The monoisotopic (exact) mass is 302 g/mol. The molecule has 0 unspecified atom stereocenters. The van der Waals surface area contributed by atoms with Crippen LogP contribution in [0.25, 0.3) is 0 Å². The summed E-state index contributed by atoms with van der Waals surface area (Å²) in [6, 6.07) is 3.49. The number of hydrogen-bond acceptors (Lipinski definition) is 2. The Bertz CT molecular complexity index is 510. The summed E-state index contributed by atoms with van der Waals surface area (Å²) in [4.78, 5) is 22.9. The van der Waals surface area contributed by atoms with Gasteiger partial charge in [0.1, 0.15) is 6.04 Å². The van der Waals surface area contributed by atoms with Crippen LogP contribution in [0.5, 0.6) is 0 Å². The molecule has 0 heterocycles. The molecular weight excluding hydrogens is 285 g/mol. The molecule has 0 aliphatic heterocycles. The maximum atomic E-state index is 12.4. The predicted octanol–water partition coefficient (Wildman–Crippen LogP) is 1.87. The smallest absolute Gasteiger partial charge is 0.368 e. The van der Waals surface area contributed by atoms with Gasteiger partial charge in [-0.05, 0) is 23.6 Å². The van der Waals surface area contributed by atoms with Gasteiger partial charge in [0.25, 0.3) is 0 Å². The summed E-state index contributed by atoms with van der Waals surface area (Å²) in [5.41, 5.74) is 4.82. The maximum absolute atomic E-state index is 12.4. The van der Waals surface area contributed by atoms with Crippen molar-refractivity contribution in [1.82, 2.24) is 5.32 Å². The van der Waals surface area contributed by atoms with E-state index in [1.54, 1.807) is 13.8 Å². The number of halogens is 3. The molecule has 0 fully saturated rings. The van der Waals surface area contributed by atoms with E-state index in [9.17, 15) is 22.8 Å². The molecule has 0 aliphatic carbocycles. The molecule has 0 bridgehead atoms. The Morgan fingerprint density at radius 1 is 1.19 bits per heavy atom. The second kappa shape index (κ2) is 6.60. The summed E-state index contributed by atoms with van der Waals surface area (Å²) in [6.45, 7) is 3.46. The van der Waals surface area contributed by atoms with Crippen LogP contribution in [0, 0.1) is 5.92 Å². The van der Waals surface area contributed by atoms with E-state index in [2.05, 4.69) is 5.32 Å². The van der Waals surface area contributed by atoms with Gasteiger partial charge in [-0.1, -0.05) is 26.0 Å². The number of carbonyl (C=O) groups is 2. The lowest BCUT2D eigenvalue weighted by Gasteiger charge is -2.19. The van der Waals surface area contributed by atoms with Gasteiger partial charge in [0.15, 0.2) is 0 Å². The molecule has 3 N–H and O–H groups in total.